The minimum atomic E-state index is -1.14. The molecule has 0 aliphatic heterocycles. The highest BCUT2D eigenvalue weighted by Gasteiger charge is 2.30. The number of amides is 1. The van der Waals surface area contributed by atoms with Crippen LogP contribution in [0.25, 0.3) is 0 Å². The van der Waals surface area contributed by atoms with Gasteiger partial charge in [0.05, 0.1) is 17.8 Å². The van der Waals surface area contributed by atoms with Crippen LogP contribution >= 0.6 is 0 Å². The van der Waals surface area contributed by atoms with Gasteiger partial charge in [-0.2, -0.15) is 5.10 Å². The molecule has 0 aliphatic carbocycles. The molecule has 118 valence electrons. The maximum atomic E-state index is 12.3. The average Bonchev–Trinajstić information content (AvgIpc) is 3.02. The number of carboxylic acids is 1. The topological polar surface area (TPSA) is 97.4 Å². The van der Waals surface area contributed by atoms with Crippen LogP contribution < -0.4 is 5.32 Å². The first kappa shape index (κ1) is 15.8. The van der Waals surface area contributed by atoms with E-state index in [0.717, 1.165) is 11.8 Å². The summed E-state index contributed by atoms with van der Waals surface area (Å²) in [5.74, 6) is -1.63. The standard InChI is InChI=1S/C15H19N3O4/c1-15(2,3)12(10-6-16-18(4)7-10)17-13(19)11-5-9(8-22-11)14(20)21/h5-8,12H,1-4H3,(H,17,19)(H,20,21). The summed E-state index contributed by atoms with van der Waals surface area (Å²) in [6.45, 7) is 5.99. The van der Waals surface area contributed by atoms with E-state index in [1.165, 1.54) is 6.07 Å². The van der Waals surface area contributed by atoms with Crippen molar-refractivity contribution in [3.63, 3.8) is 0 Å². The second-order valence-electron chi connectivity index (χ2n) is 6.22. The van der Waals surface area contributed by atoms with Gasteiger partial charge < -0.3 is 14.8 Å². The van der Waals surface area contributed by atoms with Crippen molar-refractivity contribution in [1.29, 1.82) is 0 Å². The number of carbonyl (C=O) groups is 2. The second-order valence-corrected chi connectivity index (χ2v) is 6.22. The molecule has 0 spiro atoms. The van der Waals surface area contributed by atoms with Crippen molar-refractivity contribution in [1.82, 2.24) is 15.1 Å². The largest absolute Gasteiger partial charge is 0.478 e. The first-order valence-electron chi connectivity index (χ1n) is 6.79. The number of rotatable bonds is 4. The third kappa shape index (κ3) is 3.36. The number of aromatic carboxylic acids is 1. The van der Waals surface area contributed by atoms with Gasteiger partial charge in [0.2, 0.25) is 0 Å². The van der Waals surface area contributed by atoms with Crippen LogP contribution in [0.2, 0.25) is 0 Å². The molecule has 0 saturated carbocycles. The van der Waals surface area contributed by atoms with Crippen LogP contribution in [-0.2, 0) is 7.05 Å². The van der Waals surface area contributed by atoms with Gasteiger partial charge in [0.1, 0.15) is 6.26 Å². The van der Waals surface area contributed by atoms with Crippen LogP contribution in [0.3, 0.4) is 0 Å². The summed E-state index contributed by atoms with van der Waals surface area (Å²) in [6.07, 6.45) is 4.58. The van der Waals surface area contributed by atoms with Crippen molar-refractivity contribution in [3.05, 3.63) is 41.6 Å². The van der Waals surface area contributed by atoms with Crippen molar-refractivity contribution < 1.29 is 19.1 Å². The molecule has 0 aliphatic rings. The quantitative estimate of drug-likeness (QED) is 0.902. The zero-order valence-corrected chi connectivity index (χ0v) is 13.0. The number of aryl methyl sites for hydroxylation is 1. The van der Waals surface area contributed by atoms with Gasteiger partial charge in [-0.05, 0) is 5.41 Å². The number of aromatic nitrogens is 2. The molecule has 0 aromatic carbocycles. The third-order valence-electron chi connectivity index (χ3n) is 3.27. The van der Waals surface area contributed by atoms with E-state index in [1.807, 2.05) is 27.0 Å². The Kier molecular flexibility index (Phi) is 4.07. The van der Waals surface area contributed by atoms with Crippen LogP contribution in [0.5, 0.6) is 0 Å². The molecule has 22 heavy (non-hydrogen) atoms. The Balaban J connectivity index is 2.23. The van der Waals surface area contributed by atoms with Crippen LogP contribution in [-0.4, -0.2) is 26.8 Å². The zero-order chi connectivity index (χ0) is 16.5. The summed E-state index contributed by atoms with van der Waals surface area (Å²) in [5.41, 5.74) is 0.563. The molecule has 1 unspecified atom stereocenters. The van der Waals surface area contributed by atoms with Gasteiger partial charge in [-0.25, -0.2) is 4.79 Å². The molecule has 7 heteroatoms. The summed E-state index contributed by atoms with van der Waals surface area (Å²) in [7, 11) is 1.80. The van der Waals surface area contributed by atoms with E-state index in [9.17, 15) is 9.59 Å². The Bertz CT molecular complexity index is 694. The van der Waals surface area contributed by atoms with Crippen molar-refractivity contribution in [2.24, 2.45) is 12.5 Å². The van der Waals surface area contributed by atoms with Gasteiger partial charge >= 0.3 is 5.97 Å². The predicted molar refractivity (Wildman–Crippen MR) is 78.5 cm³/mol. The molecular formula is C15H19N3O4. The zero-order valence-electron chi connectivity index (χ0n) is 13.0. The number of nitrogens with one attached hydrogen (secondary N) is 1. The average molecular weight is 305 g/mol. The van der Waals surface area contributed by atoms with Crippen LogP contribution in [0.15, 0.2) is 29.1 Å². The summed E-state index contributed by atoms with van der Waals surface area (Å²) in [6, 6.07) is 0.924. The number of carbonyl (C=O) groups excluding carboxylic acids is 1. The van der Waals surface area contributed by atoms with Crippen molar-refractivity contribution in [3.8, 4) is 0 Å². The normalized spacial score (nSPS) is 12.9. The molecule has 2 N–H and O–H groups in total. The Morgan fingerprint density at radius 3 is 2.55 bits per heavy atom. The smallest absolute Gasteiger partial charge is 0.338 e. The lowest BCUT2D eigenvalue weighted by Crippen LogP contribution is -2.36. The highest BCUT2D eigenvalue weighted by atomic mass is 16.4. The summed E-state index contributed by atoms with van der Waals surface area (Å²) in [5, 5.41) is 15.9. The molecule has 2 aromatic heterocycles. The van der Waals surface area contributed by atoms with Gasteiger partial charge in [-0.15, -0.1) is 0 Å². The number of hydrogen-bond donors (Lipinski definition) is 2. The Morgan fingerprint density at radius 2 is 2.09 bits per heavy atom. The van der Waals surface area contributed by atoms with Crippen LogP contribution in [0, 0.1) is 5.41 Å². The lowest BCUT2D eigenvalue weighted by molar-refractivity contribution is 0.0695. The monoisotopic (exact) mass is 305 g/mol. The minimum Gasteiger partial charge on any atom is -0.478 e. The summed E-state index contributed by atoms with van der Waals surface area (Å²) < 4.78 is 6.69. The van der Waals surface area contributed by atoms with E-state index in [-0.39, 0.29) is 22.8 Å². The Morgan fingerprint density at radius 1 is 1.41 bits per heavy atom. The summed E-state index contributed by atoms with van der Waals surface area (Å²) >= 11 is 0. The van der Waals surface area contributed by atoms with Crippen LogP contribution in [0.4, 0.5) is 0 Å². The molecule has 7 nitrogen and oxygen atoms in total. The van der Waals surface area contributed by atoms with Gasteiger partial charge in [0.25, 0.3) is 5.91 Å². The molecule has 2 rings (SSSR count). The minimum absolute atomic E-state index is 0.0319. The maximum Gasteiger partial charge on any atom is 0.338 e. The number of carboxylic acid groups (broad SMARTS) is 1. The second kappa shape index (κ2) is 5.67. The fourth-order valence-corrected chi connectivity index (χ4v) is 2.16. The van der Waals surface area contributed by atoms with E-state index in [4.69, 9.17) is 9.52 Å². The maximum absolute atomic E-state index is 12.3. The number of furan rings is 1. The first-order valence-corrected chi connectivity index (χ1v) is 6.79. The first-order chi connectivity index (χ1) is 10.2. The molecule has 0 radical (unpaired) electrons. The number of hydrogen-bond acceptors (Lipinski definition) is 4. The van der Waals surface area contributed by atoms with E-state index >= 15 is 0 Å². The van der Waals surface area contributed by atoms with E-state index in [1.54, 1.807) is 17.9 Å². The van der Waals surface area contributed by atoms with Gasteiger partial charge in [0.15, 0.2) is 5.76 Å². The highest BCUT2D eigenvalue weighted by Crippen LogP contribution is 2.32. The molecule has 2 heterocycles. The van der Waals surface area contributed by atoms with E-state index in [0.29, 0.717) is 0 Å². The molecule has 0 bridgehead atoms. The molecule has 1 atom stereocenters. The van der Waals surface area contributed by atoms with E-state index < -0.39 is 11.9 Å². The van der Waals surface area contributed by atoms with Crippen molar-refractivity contribution >= 4 is 11.9 Å². The number of nitrogens with zero attached hydrogens (tertiary/aromatic N) is 2. The van der Waals surface area contributed by atoms with E-state index in [2.05, 4.69) is 10.4 Å². The lowest BCUT2D eigenvalue weighted by atomic mass is 9.83. The predicted octanol–water partition coefficient (Wildman–Crippen LogP) is 2.23. The Labute approximate surface area is 127 Å². The van der Waals surface area contributed by atoms with Crippen LogP contribution in [0.1, 0.15) is 53.3 Å². The summed E-state index contributed by atoms with van der Waals surface area (Å²) in [4.78, 5) is 23.1. The fourth-order valence-electron chi connectivity index (χ4n) is 2.16. The molecule has 2 aromatic rings. The molecule has 0 saturated heterocycles. The highest BCUT2D eigenvalue weighted by molar-refractivity contribution is 5.95. The van der Waals surface area contributed by atoms with Gasteiger partial charge in [-0.1, -0.05) is 20.8 Å². The van der Waals surface area contributed by atoms with Gasteiger partial charge in [0, 0.05) is 24.9 Å². The molecule has 1 amide bonds. The fraction of sp³-hybridized carbons (Fsp3) is 0.400. The molecular weight excluding hydrogens is 286 g/mol. The SMILES string of the molecule is Cn1cc(C(NC(=O)c2cc(C(=O)O)co2)C(C)(C)C)cn1. The van der Waals surface area contributed by atoms with Crippen molar-refractivity contribution in [2.75, 3.05) is 0 Å². The Hall–Kier alpha value is -2.57. The molecule has 0 fully saturated rings. The van der Waals surface area contributed by atoms with Gasteiger partial charge in [-0.3, -0.25) is 9.48 Å². The third-order valence-corrected chi connectivity index (χ3v) is 3.27. The lowest BCUT2D eigenvalue weighted by Gasteiger charge is -2.30. The van der Waals surface area contributed by atoms with Crippen molar-refractivity contribution in [2.45, 2.75) is 26.8 Å².